The first-order chi connectivity index (χ1) is 8.07. The molecule has 1 aliphatic carbocycles. The fourth-order valence-corrected chi connectivity index (χ4v) is 2.67. The van der Waals surface area contributed by atoms with E-state index in [0.717, 1.165) is 13.2 Å². The van der Waals surface area contributed by atoms with Crippen LogP contribution in [0.2, 0.25) is 0 Å². The van der Waals surface area contributed by atoms with Gasteiger partial charge in [0.15, 0.2) is 0 Å². The second kappa shape index (κ2) is 7.38. The monoisotopic (exact) mass is 241 g/mol. The zero-order valence-electron chi connectivity index (χ0n) is 12.2. The van der Waals surface area contributed by atoms with Gasteiger partial charge in [-0.2, -0.15) is 0 Å². The smallest absolute Gasteiger partial charge is 0.0623 e. The van der Waals surface area contributed by atoms with E-state index in [1.165, 1.54) is 38.5 Å². The summed E-state index contributed by atoms with van der Waals surface area (Å²) in [6.07, 6.45) is 8.11. The molecule has 1 rings (SSSR count). The predicted molar refractivity (Wildman–Crippen MR) is 74.4 cm³/mol. The second-order valence-electron chi connectivity index (χ2n) is 6.24. The lowest BCUT2D eigenvalue weighted by atomic mass is 9.76. The first kappa shape index (κ1) is 15.0. The second-order valence-corrected chi connectivity index (χ2v) is 6.24. The minimum atomic E-state index is 0.515. The van der Waals surface area contributed by atoms with Crippen molar-refractivity contribution in [1.82, 2.24) is 5.32 Å². The molecule has 17 heavy (non-hydrogen) atoms. The van der Waals surface area contributed by atoms with E-state index in [2.05, 4.69) is 33.0 Å². The molecule has 0 aromatic carbocycles. The Morgan fingerprint density at radius 2 is 1.88 bits per heavy atom. The molecule has 0 amide bonds. The Morgan fingerprint density at radius 1 is 1.24 bits per heavy atom. The first-order valence-electron chi connectivity index (χ1n) is 7.42. The fourth-order valence-electron chi connectivity index (χ4n) is 2.67. The lowest BCUT2D eigenvalue weighted by Crippen LogP contribution is -2.36. The number of nitrogens with one attached hydrogen (secondary N) is 1. The lowest BCUT2D eigenvalue weighted by molar-refractivity contribution is -0.00625. The molecular formula is C15H31NO. The molecule has 0 spiro atoms. The lowest BCUT2D eigenvalue weighted by Gasteiger charge is -2.34. The molecule has 0 bridgehead atoms. The minimum Gasteiger partial charge on any atom is -0.377 e. The highest BCUT2D eigenvalue weighted by Gasteiger charge is 2.27. The van der Waals surface area contributed by atoms with Crippen LogP contribution in [-0.2, 0) is 4.74 Å². The van der Waals surface area contributed by atoms with Crippen molar-refractivity contribution in [2.75, 3.05) is 13.2 Å². The topological polar surface area (TPSA) is 21.3 Å². The summed E-state index contributed by atoms with van der Waals surface area (Å²) >= 11 is 0. The molecule has 0 aromatic heterocycles. The van der Waals surface area contributed by atoms with E-state index in [0.29, 0.717) is 17.6 Å². The SMILES string of the molecule is CCCC(COC1CCC(C)(C)CC1)NCC. The number of hydrogen-bond acceptors (Lipinski definition) is 2. The van der Waals surface area contributed by atoms with Gasteiger partial charge in [-0.15, -0.1) is 0 Å². The van der Waals surface area contributed by atoms with Gasteiger partial charge in [-0.3, -0.25) is 0 Å². The van der Waals surface area contributed by atoms with Crippen molar-refractivity contribution >= 4 is 0 Å². The van der Waals surface area contributed by atoms with Crippen LogP contribution < -0.4 is 5.32 Å². The number of likely N-dealkylation sites (N-methyl/N-ethyl adjacent to an activating group) is 1. The quantitative estimate of drug-likeness (QED) is 0.733. The molecule has 0 aromatic rings. The Bertz CT molecular complexity index is 187. The van der Waals surface area contributed by atoms with Gasteiger partial charge >= 0.3 is 0 Å². The van der Waals surface area contributed by atoms with Crippen molar-refractivity contribution in [3.05, 3.63) is 0 Å². The molecule has 0 aliphatic heterocycles. The van der Waals surface area contributed by atoms with Crippen LogP contribution in [0.5, 0.6) is 0 Å². The van der Waals surface area contributed by atoms with Crippen LogP contribution in [-0.4, -0.2) is 25.3 Å². The van der Waals surface area contributed by atoms with Gasteiger partial charge in [-0.1, -0.05) is 34.1 Å². The summed E-state index contributed by atoms with van der Waals surface area (Å²) in [4.78, 5) is 0. The maximum absolute atomic E-state index is 6.08. The van der Waals surface area contributed by atoms with Crippen LogP contribution in [0.3, 0.4) is 0 Å². The summed E-state index contributed by atoms with van der Waals surface area (Å²) in [7, 11) is 0. The summed E-state index contributed by atoms with van der Waals surface area (Å²) < 4.78 is 6.08. The number of ether oxygens (including phenoxy) is 1. The zero-order valence-corrected chi connectivity index (χ0v) is 12.2. The van der Waals surface area contributed by atoms with E-state index in [-0.39, 0.29) is 0 Å². The van der Waals surface area contributed by atoms with Gasteiger partial charge in [0.2, 0.25) is 0 Å². The third kappa shape index (κ3) is 5.87. The summed E-state index contributed by atoms with van der Waals surface area (Å²) in [6, 6.07) is 0.555. The Kier molecular flexibility index (Phi) is 6.50. The van der Waals surface area contributed by atoms with Crippen LogP contribution in [0.1, 0.15) is 66.2 Å². The maximum Gasteiger partial charge on any atom is 0.0623 e. The Balaban J connectivity index is 2.21. The van der Waals surface area contributed by atoms with Gasteiger partial charge in [0, 0.05) is 6.04 Å². The minimum absolute atomic E-state index is 0.515. The standard InChI is InChI=1S/C15H31NO/c1-5-7-13(16-6-2)12-17-14-8-10-15(3,4)11-9-14/h13-14,16H,5-12H2,1-4H3. The van der Waals surface area contributed by atoms with Crippen molar-refractivity contribution in [2.45, 2.75) is 78.4 Å². The van der Waals surface area contributed by atoms with Crippen molar-refractivity contribution in [1.29, 1.82) is 0 Å². The third-order valence-corrected chi connectivity index (χ3v) is 3.95. The zero-order chi connectivity index (χ0) is 12.7. The Labute approximate surface area is 108 Å². The van der Waals surface area contributed by atoms with Gasteiger partial charge in [0.1, 0.15) is 0 Å². The highest BCUT2D eigenvalue weighted by Crippen LogP contribution is 2.36. The molecule has 1 N–H and O–H groups in total. The summed E-state index contributed by atoms with van der Waals surface area (Å²) in [5, 5.41) is 3.51. The van der Waals surface area contributed by atoms with Crippen LogP contribution in [0.25, 0.3) is 0 Å². The molecule has 1 saturated carbocycles. The molecule has 0 radical (unpaired) electrons. The Hall–Kier alpha value is -0.0800. The van der Waals surface area contributed by atoms with E-state index in [1.807, 2.05) is 0 Å². The van der Waals surface area contributed by atoms with Gasteiger partial charge in [-0.25, -0.2) is 0 Å². The predicted octanol–water partition coefficient (Wildman–Crippen LogP) is 3.75. The summed E-state index contributed by atoms with van der Waals surface area (Å²) in [5.74, 6) is 0. The molecule has 1 unspecified atom stereocenters. The van der Waals surface area contributed by atoms with Gasteiger partial charge in [0.25, 0.3) is 0 Å². The van der Waals surface area contributed by atoms with Gasteiger partial charge in [-0.05, 0) is 44.1 Å². The molecule has 1 atom stereocenters. The highest BCUT2D eigenvalue weighted by molar-refractivity contribution is 4.79. The molecule has 102 valence electrons. The van der Waals surface area contributed by atoms with E-state index >= 15 is 0 Å². The summed E-state index contributed by atoms with van der Waals surface area (Å²) in [6.45, 7) is 11.1. The van der Waals surface area contributed by atoms with Gasteiger partial charge < -0.3 is 10.1 Å². The maximum atomic E-state index is 6.08. The molecule has 0 saturated heterocycles. The molecule has 1 aliphatic rings. The average molecular weight is 241 g/mol. The fraction of sp³-hybridized carbons (Fsp3) is 1.00. The van der Waals surface area contributed by atoms with E-state index in [9.17, 15) is 0 Å². The van der Waals surface area contributed by atoms with Crippen molar-refractivity contribution < 1.29 is 4.74 Å². The van der Waals surface area contributed by atoms with Crippen LogP contribution >= 0.6 is 0 Å². The van der Waals surface area contributed by atoms with Crippen molar-refractivity contribution in [3.63, 3.8) is 0 Å². The van der Waals surface area contributed by atoms with E-state index in [4.69, 9.17) is 4.74 Å². The van der Waals surface area contributed by atoms with Crippen LogP contribution in [0.15, 0.2) is 0 Å². The van der Waals surface area contributed by atoms with Crippen molar-refractivity contribution in [3.8, 4) is 0 Å². The first-order valence-corrected chi connectivity index (χ1v) is 7.42. The van der Waals surface area contributed by atoms with Crippen molar-refractivity contribution in [2.24, 2.45) is 5.41 Å². The average Bonchev–Trinajstić information content (AvgIpc) is 2.28. The molecule has 1 fully saturated rings. The summed E-state index contributed by atoms with van der Waals surface area (Å²) in [5.41, 5.74) is 0.546. The van der Waals surface area contributed by atoms with E-state index < -0.39 is 0 Å². The van der Waals surface area contributed by atoms with Gasteiger partial charge in [0.05, 0.1) is 12.7 Å². The normalized spacial score (nSPS) is 22.6. The third-order valence-electron chi connectivity index (χ3n) is 3.95. The molecular weight excluding hydrogens is 210 g/mol. The molecule has 0 heterocycles. The van der Waals surface area contributed by atoms with Crippen LogP contribution in [0.4, 0.5) is 0 Å². The largest absolute Gasteiger partial charge is 0.377 e. The molecule has 2 heteroatoms. The number of hydrogen-bond donors (Lipinski definition) is 1. The molecule has 2 nitrogen and oxygen atoms in total. The Morgan fingerprint density at radius 3 is 2.41 bits per heavy atom. The highest BCUT2D eigenvalue weighted by atomic mass is 16.5. The van der Waals surface area contributed by atoms with E-state index in [1.54, 1.807) is 0 Å². The number of rotatable bonds is 7. The van der Waals surface area contributed by atoms with Crippen LogP contribution in [0, 0.1) is 5.41 Å².